The summed E-state index contributed by atoms with van der Waals surface area (Å²) in [5.41, 5.74) is 8.69. The Bertz CT molecular complexity index is 750. The van der Waals surface area contributed by atoms with Crippen molar-refractivity contribution in [3.8, 4) is 5.75 Å². The Morgan fingerprint density at radius 3 is 2.70 bits per heavy atom. The van der Waals surface area contributed by atoms with Gasteiger partial charge in [0, 0.05) is 19.1 Å². The molecule has 1 saturated heterocycles. The van der Waals surface area contributed by atoms with E-state index in [9.17, 15) is 4.79 Å². The number of benzene rings is 1. The van der Waals surface area contributed by atoms with Crippen LogP contribution >= 0.6 is 0 Å². The zero-order chi connectivity index (χ0) is 19.4. The van der Waals surface area contributed by atoms with Crippen LogP contribution in [-0.4, -0.2) is 35.1 Å². The Morgan fingerprint density at radius 2 is 2.07 bits per heavy atom. The Hall–Kier alpha value is -2.34. The van der Waals surface area contributed by atoms with Gasteiger partial charge in [-0.3, -0.25) is 4.79 Å². The molecular formula is C21H29N3O3. The minimum atomic E-state index is 0.154. The van der Waals surface area contributed by atoms with Crippen LogP contribution in [0, 0.1) is 19.8 Å². The third-order valence-electron chi connectivity index (χ3n) is 5.41. The van der Waals surface area contributed by atoms with Crippen molar-refractivity contribution in [2.75, 3.05) is 13.1 Å². The fraction of sp³-hybridized carbons (Fsp3) is 0.524. The molecule has 1 amide bonds. The monoisotopic (exact) mass is 371 g/mol. The lowest BCUT2D eigenvalue weighted by Crippen LogP contribution is -2.49. The number of ether oxygens (including phenoxy) is 1. The minimum absolute atomic E-state index is 0.154. The van der Waals surface area contributed by atoms with Crippen molar-refractivity contribution in [2.45, 2.75) is 52.7 Å². The molecule has 2 aromatic rings. The van der Waals surface area contributed by atoms with Crippen molar-refractivity contribution in [3.63, 3.8) is 0 Å². The van der Waals surface area contributed by atoms with Crippen LogP contribution in [0.15, 0.2) is 28.8 Å². The smallest absolute Gasteiger partial charge is 0.227 e. The highest BCUT2D eigenvalue weighted by molar-refractivity contribution is 5.79. The summed E-state index contributed by atoms with van der Waals surface area (Å²) in [7, 11) is 0. The molecular weight excluding hydrogens is 342 g/mol. The van der Waals surface area contributed by atoms with E-state index < -0.39 is 0 Å². The van der Waals surface area contributed by atoms with Gasteiger partial charge in [0.05, 0.1) is 17.7 Å². The number of carbonyl (C=O) groups excluding carboxylic acids is 1. The first-order chi connectivity index (χ1) is 13.0. The highest BCUT2D eigenvalue weighted by atomic mass is 16.5. The Balaban J connectivity index is 1.56. The fourth-order valence-electron chi connectivity index (χ4n) is 3.65. The molecule has 0 saturated carbocycles. The largest absolute Gasteiger partial charge is 0.489 e. The van der Waals surface area contributed by atoms with Gasteiger partial charge in [-0.1, -0.05) is 24.2 Å². The molecule has 2 atom stereocenters. The SMILES string of the molecule is Cc1noc(C)c1COc1ccc(CC(=O)N2CCC(C)CC2CN)cc1. The predicted molar refractivity (Wildman–Crippen MR) is 103 cm³/mol. The van der Waals surface area contributed by atoms with Crippen molar-refractivity contribution in [3.05, 3.63) is 46.8 Å². The van der Waals surface area contributed by atoms with Gasteiger partial charge in [-0.25, -0.2) is 0 Å². The molecule has 3 rings (SSSR count). The van der Waals surface area contributed by atoms with Gasteiger partial charge in [0.25, 0.3) is 0 Å². The van der Waals surface area contributed by atoms with E-state index in [4.69, 9.17) is 15.0 Å². The molecule has 2 unspecified atom stereocenters. The van der Waals surface area contributed by atoms with E-state index in [0.29, 0.717) is 25.5 Å². The van der Waals surface area contributed by atoms with Gasteiger partial charge in [-0.2, -0.15) is 0 Å². The molecule has 0 spiro atoms. The van der Waals surface area contributed by atoms with E-state index in [-0.39, 0.29) is 11.9 Å². The molecule has 1 aromatic heterocycles. The summed E-state index contributed by atoms with van der Waals surface area (Å²) < 4.78 is 11.0. The van der Waals surface area contributed by atoms with Gasteiger partial charge >= 0.3 is 0 Å². The normalized spacial score (nSPS) is 19.9. The number of nitrogens with two attached hydrogens (primary N) is 1. The van der Waals surface area contributed by atoms with Gasteiger partial charge in [0.15, 0.2) is 0 Å². The van der Waals surface area contributed by atoms with Crippen LogP contribution in [0.2, 0.25) is 0 Å². The first-order valence-electron chi connectivity index (χ1n) is 9.61. The number of nitrogens with zero attached hydrogens (tertiary/aromatic N) is 2. The number of aromatic nitrogens is 1. The van der Waals surface area contributed by atoms with E-state index in [0.717, 1.165) is 47.7 Å². The van der Waals surface area contributed by atoms with E-state index in [1.165, 1.54) is 0 Å². The molecule has 2 N–H and O–H groups in total. The number of carbonyl (C=O) groups is 1. The molecule has 6 heteroatoms. The molecule has 6 nitrogen and oxygen atoms in total. The van der Waals surface area contributed by atoms with E-state index in [2.05, 4.69) is 12.1 Å². The van der Waals surface area contributed by atoms with E-state index >= 15 is 0 Å². The van der Waals surface area contributed by atoms with Crippen LogP contribution in [0.5, 0.6) is 5.75 Å². The Kier molecular flexibility index (Phi) is 6.16. The summed E-state index contributed by atoms with van der Waals surface area (Å²) in [5.74, 6) is 2.33. The van der Waals surface area contributed by atoms with E-state index in [1.807, 2.05) is 43.0 Å². The quantitative estimate of drug-likeness (QED) is 0.844. The average molecular weight is 371 g/mol. The lowest BCUT2D eigenvalue weighted by molar-refractivity contribution is -0.134. The lowest BCUT2D eigenvalue weighted by atomic mass is 9.92. The van der Waals surface area contributed by atoms with Crippen LogP contribution in [0.4, 0.5) is 0 Å². The van der Waals surface area contributed by atoms with Gasteiger partial charge in [0.2, 0.25) is 5.91 Å². The maximum atomic E-state index is 12.7. The second-order valence-corrected chi connectivity index (χ2v) is 7.52. The molecule has 0 aliphatic carbocycles. The number of likely N-dealkylation sites (tertiary alicyclic amines) is 1. The van der Waals surface area contributed by atoms with Crippen molar-refractivity contribution < 1.29 is 14.1 Å². The molecule has 146 valence electrons. The van der Waals surface area contributed by atoms with Crippen LogP contribution < -0.4 is 10.5 Å². The van der Waals surface area contributed by atoms with Crippen molar-refractivity contribution in [1.82, 2.24) is 10.1 Å². The summed E-state index contributed by atoms with van der Waals surface area (Å²) in [6.45, 7) is 7.77. The van der Waals surface area contributed by atoms with Crippen molar-refractivity contribution >= 4 is 5.91 Å². The number of hydrogen-bond acceptors (Lipinski definition) is 5. The Labute approximate surface area is 160 Å². The summed E-state index contributed by atoms with van der Waals surface area (Å²) >= 11 is 0. The molecule has 0 radical (unpaired) electrons. The minimum Gasteiger partial charge on any atom is -0.489 e. The molecule has 0 bridgehead atoms. The van der Waals surface area contributed by atoms with Crippen LogP contribution in [0.3, 0.4) is 0 Å². The molecule has 1 aliphatic heterocycles. The third-order valence-corrected chi connectivity index (χ3v) is 5.41. The number of aryl methyl sites for hydroxylation is 2. The molecule has 1 aliphatic rings. The first kappa shape index (κ1) is 19.4. The van der Waals surface area contributed by atoms with Gasteiger partial charge in [0.1, 0.15) is 18.1 Å². The van der Waals surface area contributed by atoms with Gasteiger partial charge < -0.3 is 19.9 Å². The van der Waals surface area contributed by atoms with Gasteiger partial charge in [-0.05, 0) is 50.3 Å². The zero-order valence-corrected chi connectivity index (χ0v) is 16.4. The fourth-order valence-corrected chi connectivity index (χ4v) is 3.65. The van der Waals surface area contributed by atoms with E-state index in [1.54, 1.807) is 0 Å². The van der Waals surface area contributed by atoms with Crippen molar-refractivity contribution in [1.29, 1.82) is 0 Å². The van der Waals surface area contributed by atoms with Crippen molar-refractivity contribution in [2.24, 2.45) is 11.7 Å². The summed E-state index contributed by atoms with van der Waals surface area (Å²) in [6.07, 6.45) is 2.45. The first-order valence-corrected chi connectivity index (χ1v) is 9.61. The molecule has 27 heavy (non-hydrogen) atoms. The summed E-state index contributed by atoms with van der Waals surface area (Å²) in [4.78, 5) is 14.7. The average Bonchev–Trinajstić information content (AvgIpc) is 2.98. The maximum Gasteiger partial charge on any atom is 0.227 e. The van der Waals surface area contributed by atoms with Crippen LogP contribution in [0.25, 0.3) is 0 Å². The molecule has 1 aromatic carbocycles. The second-order valence-electron chi connectivity index (χ2n) is 7.52. The molecule has 2 heterocycles. The number of hydrogen-bond donors (Lipinski definition) is 1. The topological polar surface area (TPSA) is 81.6 Å². The summed E-state index contributed by atoms with van der Waals surface area (Å²) in [5, 5.41) is 3.93. The highest BCUT2D eigenvalue weighted by Gasteiger charge is 2.28. The zero-order valence-electron chi connectivity index (χ0n) is 16.4. The number of rotatable bonds is 6. The van der Waals surface area contributed by atoms with Gasteiger partial charge in [-0.15, -0.1) is 0 Å². The standard InChI is InChI=1S/C21H29N3O3/c1-14-8-9-24(18(10-14)12-22)21(25)11-17-4-6-19(7-5-17)26-13-20-15(2)23-27-16(20)3/h4-7,14,18H,8-13,22H2,1-3H3. The third kappa shape index (κ3) is 4.69. The second kappa shape index (κ2) is 8.57. The van der Waals surface area contributed by atoms with Crippen LogP contribution in [-0.2, 0) is 17.8 Å². The lowest BCUT2D eigenvalue weighted by Gasteiger charge is -2.38. The highest BCUT2D eigenvalue weighted by Crippen LogP contribution is 2.23. The molecule has 1 fully saturated rings. The van der Waals surface area contributed by atoms with Crippen LogP contribution in [0.1, 0.15) is 42.3 Å². The maximum absolute atomic E-state index is 12.7. The number of piperidine rings is 1. The summed E-state index contributed by atoms with van der Waals surface area (Å²) in [6, 6.07) is 7.87. The number of amides is 1. The Morgan fingerprint density at radius 1 is 1.33 bits per heavy atom. The predicted octanol–water partition coefficient (Wildman–Crippen LogP) is 3.00.